The minimum Gasteiger partial charge on any atom is -0.351 e. The van der Waals surface area contributed by atoms with Crippen LogP contribution in [0.3, 0.4) is 0 Å². The fraction of sp³-hybridized carbons (Fsp3) is 0.273. The zero-order chi connectivity index (χ0) is 12.5. The molecule has 0 fully saturated rings. The van der Waals surface area contributed by atoms with Gasteiger partial charge in [-0.2, -0.15) is 4.98 Å². The highest BCUT2D eigenvalue weighted by Gasteiger charge is 2.20. The molecule has 7 heteroatoms. The Balaban J connectivity index is 1.92. The van der Waals surface area contributed by atoms with Crippen molar-refractivity contribution in [2.24, 2.45) is 5.84 Å². The summed E-state index contributed by atoms with van der Waals surface area (Å²) < 4.78 is 0.889. The van der Waals surface area contributed by atoms with Crippen molar-refractivity contribution in [3.05, 3.63) is 32.6 Å². The van der Waals surface area contributed by atoms with E-state index < -0.39 is 0 Å². The minimum absolute atomic E-state index is 0.435. The summed E-state index contributed by atoms with van der Waals surface area (Å²) in [6, 6.07) is 2.18. The van der Waals surface area contributed by atoms with Crippen LogP contribution in [0, 0.1) is 0 Å². The van der Waals surface area contributed by atoms with E-state index in [1.807, 2.05) is 11.3 Å². The molecule has 0 radical (unpaired) electrons. The molecule has 0 saturated heterocycles. The van der Waals surface area contributed by atoms with Crippen LogP contribution in [-0.2, 0) is 13.0 Å². The minimum atomic E-state index is 0.435. The molecule has 2 aromatic heterocycles. The molecule has 3 rings (SSSR count). The van der Waals surface area contributed by atoms with E-state index >= 15 is 0 Å². The number of halogens is 1. The topological polar surface area (TPSA) is 67.1 Å². The van der Waals surface area contributed by atoms with Crippen molar-refractivity contribution in [3.63, 3.8) is 0 Å². The summed E-state index contributed by atoms with van der Waals surface area (Å²) in [6.07, 6.45) is 2.79. The molecule has 0 aliphatic carbocycles. The second kappa shape index (κ2) is 4.83. The number of hydrogen-bond donors (Lipinski definition) is 2. The maximum absolute atomic E-state index is 5.35. The summed E-state index contributed by atoms with van der Waals surface area (Å²) >= 11 is 5.32. The number of hydrazine groups is 1. The van der Waals surface area contributed by atoms with Gasteiger partial charge in [-0.25, -0.2) is 10.8 Å². The first kappa shape index (κ1) is 11.9. The molecule has 3 N–H and O–H groups in total. The van der Waals surface area contributed by atoms with E-state index in [4.69, 9.17) is 5.84 Å². The van der Waals surface area contributed by atoms with Gasteiger partial charge in [-0.1, -0.05) is 0 Å². The van der Waals surface area contributed by atoms with Gasteiger partial charge < -0.3 is 4.90 Å². The summed E-state index contributed by atoms with van der Waals surface area (Å²) in [5.74, 6) is 6.67. The first-order valence-electron chi connectivity index (χ1n) is 5.57. The van der Waals surface area contributed by atoms with Crippen LogP contribution in [0.5, 0.6) is 0 Å². The molecule has 0 aromatic carbocycles. The Bertz CT molecular complexity index is 570. The van der Waals surface area contributed by atoms with E-state index in [0.29, 0.717) is 5.95 Å². The lowest BCUT2D eigenvalue weighted by atomic mass is 10.1. The molecular formula is C11H12BrN5S. The Hall–Kier alpha value is -1.18. The summed E-state index contributed by atoms with van der Waals surface area (Å²) in [5, 5.41) is 2.15. The fourth-order valence-corrected chi connectivity index (χ4v) is 3.41. The number of nitrogens with one attached hydrogen (secondary N) is 1. The van der Waals surface area contributed by atoms with Gasteiger partial charge >= 0.3 is 0 Å². The monoisotopic (exact) mass is 325 g/mol. The molecule has 2 aromatic rings. The zero-order valence-corrected chi connectivity index (χ0v) is 12.0. The Kier molecular flexibility index (Phi) is 3.19. The van der Waals surface area contributed by atoms with Gasteiger partial charge in [0.1, 0.15) is 5.82 Å². The van der Waals surface area contributed by atoms with Gasteiger partial charge in [0.15, 0.2) is 0 Å². The van der Waals surface area contributed by atoms with Crippen molar-refractivity contribution in [1.29, 1.82) is 0 Å². The van der Waals surface area contributed by atoms with Crippen molar-refractivity contribution in [2.45, 2.75) is 13.0 Å². The first-order valence-corrected chi connectivity index (χ1v) is 7.24. The van der Waals surface area contributed by atoms with Gasteiger partial charge in [0, 0.05) is 24.2 Å². The molecule has 0 saturated carbocycles. The van der Waals surface area contributed by atoms with Crippen LogP contribution in [0.2, 0.25) is 0 Å². The van der Waals surface area contributed by atoms with Gasteiger partial charge in [-0.05, 0) is 39.4 Å². The van der Waals surface area contributed by atoms with Gasteiger partial charge in [0.25, 0.3) is 0 Å². The number of anilines is 2. The first-order chi connectivity index (χ1) is 8.78. The molecule has 18 heavy (non-hydrogen) atoms. The van der Waals surface area contributed by atoms with Crippen LogP contribution < -0.4 is 16.2 Å². The molecule has 0 unspecified atom stereocenters. The largest absolute Gasteiger partial charge is 0.351 e. The Morgan fingerprint density at radius 2 is 2.39 bits per heavy atom. The van der Waals surface area contributed by atoms with E-state index in [0.717, 1.165) is 29.8 Å². The smallest absolute Gasteiger partial charge is 0.239 e. The standard InChI is InChI=1S/C11H12BrN5S/c12-8-5-14-11(16-13)15-10(8)17-3-1-9-7(6-17)2-4-18-9/h2,4-5H,1,3,6,13H2,(H,14,15,16). The number of nitrogens with two attached hydrogens (primary N) is 1. The average molecular weight is 326 g/mol. The SMILES string of the molecule is NNc1ncc(Br)c(N2CCc3sccc3C2)n1. The van der Waals surface area contributed by atoms with E-state index in [1.54, 1.807) is 6.20 Å². The summed E-state index contributed by atoms with van der Waals surface area (Å²) in [6.45, 7) is 1.85. The fourth-order valence-electron chi connectivity index (χ4n) is 2.08. The van der Waals surface area contributed by atoms with Crippen LogP contribution in [-0.4, -0.2) is 16.5 Å². The van der Waals surface area contributed by atoms with E-state index in [2.05, 4.69) is 47.7 Å². The number of thiophene rings is 1. The molecule has 1 aliphatic rings. The molecular weight excluding hydrogens is 314 g/mol. The van der Waals surface area contributed by atoms with Crippen LogP contribution in [0.25, 0.3) is 0 Å². The molecule has 0 atom stereocenters. The summed E-state index contributed by atoms with van der Waals surface area (Å²) in [5.41, 5.74) is 3.87. The van der Waals surface area contributed by atoms with Crippen molar-refractivity contribution in [1.82, 2.24) is 9.97 Å². The maximum atomic E-state index is 5.35. The van der Waals surface area contributed by atoms with Crippen molar-refractivity contribution in [2.75, 3.05) is 16.9 Å². The zero-order valence-electron chi connectivity index (χ0n) is 9.56. The lowest BCUT2D eigenvalue weighted by Crippen LogP contribution is -2.30. The molecule has 0 amide bonds. The molecule has 0 bridgehead atoms. The second-order valence-corrected chi connectivity index (χ2v) is 5.91. The molecule has 3 heterocycles. The van der Waals surface area contributed by atoms with Gasteiger partial charge in [-0.15, -0.1) is 11.3 Å². The van der Waals surface area contributed by atoms with Crippen molar-refractivity contribution < 1.29 is 0 Å². The lowest BCUT2D eigenvalue weighted by Gasteiger charge is -2.28. The number of aromatic nitrogens is 2. The average Bonchev–Trinajstić information content (AvgIpc) is 2.86. The predicted molar refractivity (Wildman–Crippen MR) is 76.6 cm³/mol. The third-order valence-electron chi connectivity index (χ3n) is 2.96. The van der Waals surface area contributed by atoms with Crippen LogP contribution in [0.4, 0.5) is 11.8 Å². The lowest BCUT2D eigenvalue weighted by molar-refractivity contribution is 0.728. The highest BCUT2D eigenvalue weighted by Crippen LogP contribution is 2.30. The summed E-state index contributed by atoms with van der Waals surface area (Å²) in [7, 11) is 0. The van der Waals surface area contributed by atoms with Gasteiger partial charge in [-0.3, -0.25) is 5.43 Å². The second-order valence-electron chi connectivity index (χ2n) is 4.05. The highest BCUT2D eigenvalue weighted by molar-refractivity contribution is 9.10. The van der Waals surface area contributed by atoms with Crippen LogP contribution in [0.1, 0.15) is 10.4 Å². The molecule has 1 aliphatic heterocycles. The Morgan fingerprint density at radius 1 is 1.50 bits per heavy atom. The predicted octanol–water partition coefficient (Wildman–Crippen LogP) is 2.15. The Labute approximate surface area is 117 Å². The van der Waals surface area contributed by atoms with Crippen molar-refractivity contribution >= 4 is 39.0 Å². The number of hydrogen-bond acceptors (Lipinski definition) is 6. The van der Waals surface area contributed by atoms with E-state index in [-0.39, 0.29) is 0 Å². The van der Waals surface area contributed by atoms with Crippen LogP contribution >= 0.6 is 27.3 Å². The summed E-state index contributed by atoms with van der Waals surface area (Å²) in [4.78, 5) is 12.2. The number of nitrogen functional groups attached to an aromatic ring is 1. The molecule has 0 spiro atoms. The molecule has 94 valence electrons. The number of nitrogens with zero attached hydrogens (tertiary/aromatic N) is 3. The highest BCUT2D eigenvalue weighted by atomic mass is 79.9. The maximum Gasteiger partial charge on any atom is 0.239 e. The quantitative estimate of drug-likeness (QED) is 0.654. The molecule has 5 nitrogen and oxygen atoms in total. The Morgan fingerprint density at radius 3 is 3.22 bits per heavy atom. The van der Waals surface area contributed by atoms with Gasteiger partial charge in [0.05, 0.1) is 4.47 Å². The van der Waals surface area contributed by atoms with Crippen LogP contribution in [0.15, 0.2) is 22.1 Å². The number of rotatable bonds is 2. The third-order valence-corrected chi connectivity index (χ3v) is 4.54. The van der Waals surface area contributed by atoms with Crippen molar-refractivity contribution in [3.8, 4) is 0 Å². The van der Waals surface area contributed by atoms with E-state index in [1.165, 1.54) is 10.4 Å². The number of fused-ring (bicyclic) bond motifs is 1. The normalized spacial score (nSPS) is 14.4. The van der Waals surface area contributed by atoms with E-state index in [9.17, 15) is 0 Å². The van der Waals surface area contributed by atoms with Gasteiger partial charge in [0.2, 0.25) is 5.95 Å². The third kappa shape index (κ3) is 2.09.